The summed E-state index contributed by atoms with van der Waals surface area (Å²) in [6.07, 6.45) is 2.65. The number of aliphatic hydroxyl groups is 1. The Labute approximate surface area is 108 Å². The number of aromatic nitrogens is 1. The molecule has 18 heavy (non-hydrogen) atoms. The van der Waals surface area contributed by atoms with Gasteiger partial charge in [0, 0.05) is 40.1 Å². The van der Waals surface area contributed by atoms with Gasteiger partial charge in [0.25, 0.3) is 0 Å². The molecule has 1 N–H and O–H groups in total. The molecule has 1 heterocycles. The van der Waals surface area contributed by atoms with Crippen LogP contribution in [0.2, 0.25) is 0 Å². The SMILES string of the molecule is COCCCN(CCOC)c1ccc(CO)cn1. The first kappa shape index (κ1) is 14.9. The van der Waals surface area contributed by atoms with Gasteiger partial charge in [-0.15, -0.1) is 0 Å². The van der Waals surface area contributed by atoms with E-state index in [1.165, 1.54) is 0 Å². The van der Waals surface area contributed by atoms with Crippen molar-refractivity contribution >= 4 is 5.82 Å². The molecule has 0 aliphatic heterocycles. The highest BCUT2D eigenvalue weighted by Crippen LogP contribution is 2.11. The lowest BCUT2D eigenvalue weighted by Gasteiger charge is -2.23. The number of anilines is 1. The van der Waals surface area contributed by atoms with Crippen LogP contribution < -0.4 is 4.90 Å². The molecular weight excluding hydrogens is 232 g/mol. The normalized spacial score (nSPS) is 10.6. The van der Waals surface area contributed by atoms with Crippen LogP contribution in [0.4, 0.5) is 5.82 Å². The van der Waals surface area contributed by atoms with E-state index < -0.39 is 0 Å². The summed E-state index contributed by atoms with van der Waals surface area (Å²) in [6.45, 7) is 3.10. The molecule has 0 amide bonds. The van der Waals surface area contributed by atoms with E-state index in [1.807, 2.05) is 12.1 Å². The highest BCUT2D eigenvalue weighted by molar-refractivity contribution is 5.39. The molecule has 0 aliphatic rings. The first-order valence-corrected chi connectivity index (χ1v) is 6.10. The zero-order valence-electron chi connectivity index (χ0n) is 11.1. The van der Waals surface area contributed by atoms with Gasteiger partial charge in [-0.1, -0.05) is 6.07 Å². The van der Waals surface area contributed by atoms with Crippen LogP contribution in [0.15, 0.2) is 18.3 Å². The van der Waals surface area contributed by atoms with Crippen LogP contribution in [0.1, 0.15) is 12.0 Å². The summed E-state index contributed by atoms with van der Waals surface area (Å²) >= 11 is 0. The molecule has 1 rings (SSSR count). The van der Waals surface area contributed by atoms with E-state index >= 15 is 0 Å². The smallest absolute Gasteiger partial charge is 0.128 e. The maximum atomic E-state index is 8.99. The van der Waals surface area contributed by atoms with Crippen molar-refractivity contribution in [2.45, 2.75) is 13.0 Å². The Hall–Kier alpha value is -1.17. The first-order chi connectivity index (χ1) is 8.81. The van der Waals surface area contributed by atoms with Crippen LogP contribution in [0.3, 0.4) is 0 Å². The van der Waals surface area contributed by atoms with Crippen molar-refractivity contribution in [3.05, 3.63) is 23.9 Å². The van der Waals surface area contributed by atoms with E-state index in [4.69, 9.17) is 14.6 Å². The lowest BCUT2D eigenvalue weighted by molar-refractivity contribution is 0.191. The molecule has 0 aliphatic carbocycles. The molecule has 0 spiro atoms. The van der Waals surface area contributed by atoms with Gasteiger partial charge in [0.05, 0.1) is 13.2 Å². The Morgan fingerprint density at radius 1 is 1.17 bits per heavy atom. The highest BCUT2D eigenvalue weighted by atomic mass is 16.5. The molecule has 0 bridgehead atoms. The van der Waals surface area contributed by atoms with Gasteiger partial charge in [0.2, 0.25) is 0 Å². The van der Waals surface area contributed by atoms with Crippen LogP contribution in [0.25, 0.3) is 0 Å². The fraction of sp³-hybridized carbons (Fsp3) is 0.615. The van der Waals surface area contributed by atoms with Crippen molar-refractivity contribution in [3.63, 3.8) is 0 Å². The number of hydrogen-bond donors (Lipinski definition) is 1. The quantitative estimate of drug-likeness (QED) is 0.668. The maximum absolute atomic E-state index is 8.99. The number of hydrogen-bond acceptors (Lipinski definition) is 5. The fourth-order valence-electron chi connectivity index (χ4n) is 1.64. The van der Waals surface area contributed by atoms with E-state index in [-0.39, 0.29) is 6.61 Å². The second-order valence-corrected chi connectivity index (χ2v) is 4.01. The Balaban J connectivity index is 2.60. The minimum Gasteiger partial charge on any atom is -0.392 e. The Morgan fingerprint density at radius 2 is 1.94 bits per heavy atom. The zero-order chi connectivity index (χ0) is 13.2. The molecular formula is C13H22N2O3. The van der Waals surface area contributed by atoms with Crippen LogP contribution >= 0.6 is 0 Å². The van der Waals surface area contributed by atoms with Gasteiger partial charge in [-0.05, 0) is 18.1 Å². The third-order valence-corrected chi connectivity index (χ3v) is 2.66. The van der Waals surface area contributed by atoms with Gasteiger partial charge in [0.1, 0.15) is 5.82 Å². The maximum Gasteiger partial charge on any atom is 0.128 e. The van der Waals surface area contributed by atoms with Gasteiger partial charge < -0.3 is 19.5 Å². The van der Waals surface area contributed by atoms with Crippen molar-refractivity contribution in [3.8, 4) is 0 Å². The molecule has 0 fully saturated rings. The van der Waals surface area contributed by atoms with Crippen molar-refractivity contribution in [1.29, 1.82) is 0 Å². The van der Waals surface area contributed by atoms with Gasteiger partial charge in [-0.3, -0.25) is 0 Å². The third-order valence-electron chi connectivity index (χ3n) is 2.66. The van der Waals surface area contributed by atoms with Gasteiger partial charge in [-0.25, -0.2) is 4.98 Å². The van der Waals surface area contributed by atoms with Crippen LogP contribution in [-0.4, -0.2) is 50.6 Å². The Bertz CT molecular complexity index is 317. The van der Waals surface area contributed by atoms with Crippen molar-refractivity contribution < 1.29 is 14.6 Å². The number of nitrogens with zero attached hydrogens (tertiary/aromatic N) is 2. The summed E-state index contributed by atoms with van der Waals surface area (Å²) in [5.41, 5.74) is 0.822. The van der Waals surface area contributed by atoms with Gasteiger partial charge in [-0.2, -0.15) is 0 Å². The minimum atomic E-state index is 0.0228. The molecule has 1 aromatic rings. The number of methoxy groups -OCH3 is 2. The second-order valence-electron chi connectivity index (χ2n) is 4.01. The summed E-state index contributed by atoms with van der Waals surface area (Å²) in [7, 11) is 3.39. The summed E-state index contributed by atoms with van der Waals surface area (Å²) in [4.78, 5) is 6.51. The van der Waals surface area contributed by atoms with Crippen molar-refractivity contribution in [1.82, 2.24) is 4.98 Å². The lowest BCUT2D eigenvalue weighted by Crippen LogP contribution is -2.29. The number of aliphatic hydroxyl groups excluding tert-OH is 1. The molecule has 5 heteroatoms. The average molecular weight is 254 g/mol. The van der Waals surface area contributed by atoms with E-state index in [9.17, 15) is 0 Å². The Morgan fingerprint density at radius 3 is 2.50 bits per heavy atom. The zero-order valence-corrected chi connectivity index (χ0v) is 11.1. The molecule has 0 saturated heterocycles. The number of rotatable bonds is 9. The van der Waals surface area contributed by atoms with Gasteiger partial charge in [0.15, 0.2) is 0 Å². The standard InChI is InChI=1S/C13H22N2O3/c1-17-8-3-6-15(7-9-18-2)13-5-4-12(11-16)10-14-13/h4-5,10,16H,3,6-9,11H2,1-2H3. The number of pyridine rings is 1. The van der Waals surface area contributed by atoms with Crippen molar-refractivity contribution in [2.24, 2.45) is 0 Å². The van der Waals surface area contributed by atoms with Crippen LogP contribution in [0.5, 0.6) is 0 Å². The lowest BCUT2D eigenvalue weighted by atomic mass is 10.3. The predicted octanol–water partition coefficient (Wildman–Crippen LogP) is 1.06. The predicted molar refractivity (Wildman–Crippen MR) is 70.7 cm³/mol. The molecule has 5 nitrogen and oxygen atoms in total. The molecule has 0 unspecified atom stereocenters. The molecule has 0 radical (unpaired) electrons. The topological polar surface area (TPSA) is 54.8 Å². The fourth-order valence-corrected chi connectivity index (χ4v) is 1.64. The summed E-state index contributed by atoms with van der Waals surface area (Å²) in [5.74, 6) is 0.903. The third kappa shape index (κ3) is 5.00. The van der Waals surface area contributed by atoms with E-state index in [0.29, 0.717) is 6.61 Å². The van der Waals surface area contributed by atoms with Crippen LogP contribution in [0, 0.1) is 0 Å². The minimum absolute atomic E-state index is 0.0228. The van der Waals surface area contributed by atoms with E-state index in [2.05, 4.69) is 9.88 Å². The molecule has 102 valence electrons. The van der Waals surface area contributed by atoms with Gasteiger partial charge >= 0.3 is 0 Å². The number of ether oxygens (including phenoxy) is 2. The van der Waals surface area contributed by atoms with E-state index in [1.54, 1.807) is 20.4 Å². The first-order valence-electron chi connectivity index (χ1n) is 6.10. The Kier molecular flexibility index (Phi) is 7.32. The van der Waals surface area contributed by atoms with Crippen molar-refractivity contribution in [2.75, 3.05) is 45.4 Å². The average Bonchev–Trinajstić information content (AvgIpc) is 2.43. The highest BCUT2D eigenvalue weighted by Gasteiger charge is 2.07. The largest absolute Gasteiger partial charge is 0.392 e. The molecule has 0 aromatic carbocycles. The summed E-state index contributed by atoms with van der Waals surface area (Å²) < 4.78 is 10.2. The van der Waals surface area contributed by atoms with Crippen LogP contribution in [-0.2, 0) is 16.1 Å². The van der Waals surface area contributed by atoms with E-state index in [0.717, 1.165) is 37.5 Å². The molecule has 1 aromatic heterocycles. The summed E-state index contributed by atoms with van der Waals surface area (Å²) in [5, 5.41) is 8.99. The monoisotopic (exact) mass is 254 g/mol. The second kappa shape index (κ2) is 8.85. The molecule has 0 saturated carbocycles. The summed E-state index contributed by atoms with van der Waals surface area (Å²) in [6, 6.07) is 3.81. The molecule has 0 atom stereocenters.